The van der Waals surface area contributed by atoms with E-state index < -0.39 is 15.6 Å². The Balaban J connectivity index is 1.59. The molecule has 8 nitrogen and oxygen atoms in total. The van der Waals surface area contributed by atoms with Crippen LogP contribution in [-0.4, -0.2) is 53.5 Å². The van der Waals surface area contributed by atoms with E-state index in [1.165, 1.54) is 32.1 Å². The van der Waals surface area contributed by atoms with E-state index in [0.29, 0.717) is 32.0 Å². The highest BCUT2D eigenvalue weighted by molar-refractivity contribution is 7.89. The molecular weight excluding hydrogens is 378 g/mol. The van der Waals surface area contributed by atoms with E-state index in [1.807, 2.05) is 0 Å². The zero-order valence-electron chi connectivity index (χ0n) is 16.1. The van der Waals surface area contributed by atoms with Crippen LogP contribution in [0.15, 0.2) is 40.2 Å². The van der Waals surface area contributed by atoms with Crippen molar-refractivity contribution in [2.45, 2.75) is 25.7 Å². The molecule has 1 fully saturated rings. The van der Waals surface area contributed by atoms with Crippen molar-refractivity contribution in [1.29, 1.82) is 0 Å². The van der Waals surface area contributed by atoms with Crippen molar-refractivity contribution in [3.05, 3.63) is 57.8 Å². The molecule has 1 aromatic carbocycles. The molecule has 2 aromatic heterocycles. The van der Waals surface area contributed by atoms with Crippen LogP contribution < -0.4 is 10.5 Å². The van der Waals surface area contributed by atoms with Gasteiger partial charge in [0.2, 0.25) is 10.0 Å². The fourth-order valence-corrected chi connectivity index (χ4v) is 5.08. The average molecular weight is 401 g/mol. The lowest BCUT2D eigenvalue weighted by Gasteiger charge is -2.36. The van der Waals surface area contributed by atoms with E-state index in [4.69, 9.17) is 0 Å². The van der Waals surface area contributed by atoms with E-state index in [-0.39, 0.29) is 10.4 Å². The molecule has 0 bridgehead atoms. The highest BCUT2D eigenvalue weighted by atomic mass is 32.2. The van der Waals surface area contributed by atoms with Crippen molar-refractivity contribution >= 4 is 21.2 Å². The van der Waals surface area contributed by atoms with Gasteiger partial charge in [-0.1, -0.05) is 12.1 Å². The van der Waals surface area contributed by atoms with Gasteiger partial charge in [-0.15, -0.1) is 0 Å². The number of nitrogens with one attached hydrogen (secondary N) is 1. The van der Waals surface area contributed by atoms with Crippen LogP contribution in [0.25, 0.3) is 5.52 Å². The maximum atomic E-state index is 13.1. The SMILES string of the molecule is Cc1ccc(C)c(N2CCN(S(=O)(=O)c3cc4c(=O)[nH]nc(C)n4c3)CC2)c1. The molecule has 28 heavy (non-hydrogen) atoms. The molecule has 0 spiro atoms. The van der Waals surface area contributed by atoms with Crippen LogP contribution in [0.1, 0.15) is 17.0 Å². The van der Waals surface area contributed by atoms with E-state index in [2.05, 4.69) is 47.1 Å². The first-order valence-electron chi connectivity index (χ1n) is 9.17. The lowest BCUT2D eigenvalue weighted by atomic mass is 10.1. The monoisotopic (exact) mass is 401 g/mol. The highest BCUT2D eigenvalue weighted by Gasteiger charge is 2.30. The first-order valence-corrected chi connectivity index (χ1v) is 10.6. The second-order valence-corrected chi connectivity index (χ2v) is 9.15. The number of hydrogen-bond acceptors (Lipinski definition) is 5. The molecule has 0 unspecified atom stereocenters. The van der Waals surface area contributed by atoms with Crippen LogP contribution in [-0.2, 0) is 10.0 Å². The molecule has 9 heteroatoms. The Kier molecular flexibility index (Phi) is 4.51. The maximum absolute atomic E-state index is 13.1. The zero-order chi connectivity index (χ0) is 20.1. The fraction of sp³-hybridized carbons (Fsp3) is 0.368. The lowest BCUT2D eigenvalue weighted by molar-refractivity contribution is 0.385. The van der Waals surface area contributed by atoms with Gasteiger partial charge >= 0.3 is 0 Å². The summed E-state index contributed by atoms with van der Waals surface area (Å²) in [4.78, 5) is 14.3. The van der Waals surface area contributed by atoms with Crippen molar-refractivity contribution in [3.63, 3.8) is 0 Å². The van der Waals surface area contributed by atoms with E-state index >= 15 is 0 Å². The number of aromatic amines is 1. The summed E-state index contributed by atoms with van der Waals surface area (Å²) in [6, 6.07) is 7.73. The van der Waals surface area contributed by atoms with Gasteiger partial charge in [0.05, 0.1) is 0 Å². The third kappa shape index (κ3) is 3.10. The summed E-state index contributed by atoms with van der Waals surface area (Å²) in [5.74, 6) is 0.524. The summed E-state index contributed by atoms with van der Waals surface area (Å²) >= 11 is 0. The molecule has 1 aliphatic rings. The molecule has 1 N–H and O–H groups in total. The number of anilines is 1. The number of piperazine rings is 1. The Morgan fingerprint density at radius 2 is 1.75 bits per heavy atom. The van der Waals surface area contributed by atoms with Crippen molar-refractivity contribution in [2.24, 2.45) is 0 Å². The van der Waals surface area contributed by atoms with Crippen LogP contribution in [0.2, 0.25) is 0 Å². The largest absolute Gasteiger partial charge is 0.369 e. The Hall–Kier alpha value is -2.65. The van der Waals surface area contributed by atoms with Crippen molar-refractivity contribution < 1.29 is 8.42 Å². The first-order chi connectivity index (χ1) is 13.3. The molecule has 0 saturated carbocycles. The molecule has 0 radical (unpaired) electrons. The molecule has 148 valence electrons. The maximum Gasteiger partial charge on any atom is 0.288 e. The highest BCUT2D eigenvalue weighted by Crippen LogP contribution is 2.25. The van der Waals surface area contributed by atoms with E-state index in [1.54, 1.807) is 6.92 Å². The number of fused-ring (bicyclic) bond motifs is 1. The minimum atomic E-state index is -3.68. The lowest BCUT2D eigenvalue weighted by Crippen LogP contribution is -2.48. The summed E-state index contributed by atoms with van der Waals surface area (Å²) in [7, 11) is -3.68. The van der Waals surface area contributed by atoms with Crippen LogP contribution in [0.3, 0.4) is 0 Å². The Labute approximate surface area is 163 Å². The van der Waals surface area contributed by atoms with Gasteiger partial charge < -0.3 is 4.90 Å². The number of benzene rings is 1. The minimum Gasteiger partial charge on any atom is -0.369 e. The first kappa shape index (κ1) is 18.7. The van der Waals surface area contributed by atoms with E-state index in [9.17, 15) is 13.2 Å². The fourth-order valence-electron chi connectivity index (χ4n) is 3.64. The molecular formula is C19H23N5O3S. The second-order valence-electron chi connectivity index (χ2n) is 7.21. The second kappa shape index (κ2) is 6.75. The Morgan fingerprint density at radius 3 is 2.43 bits per heavy atom. The van der Waals surface area contributed by atoms with Gasteiger partial charge in [-0.25, -0.2) is 13.5 Å². The third-order valence-electron chi connectivity index (χ3n) is 5.28. The number of sulfonamides is 1. The van der Waals surface area contributed by atoms with Crippen LogP contribution in [0, 0.1) is 20.8 Å². The molecule has 1 saturated heterocycles. The predicted molar refractivity (Wildman–Crippen MR) is 107 cm³/mol. The smallest absolute Gasteiger partial charge is 0.288 e. The van der Waals surface area contributed by atoms with Crippen molar-refractivity contribution in [3.8, 4) is 0 Å². The van der Waals surface area contributed by atoms with Crippen LogP contribution in [0.4, 0.5) is 5.69 Å². The van der Waals surface area contributed by atoms with Crippen molar-refractivity contribution in [1.82, 2.24) is 18.9 Å². The van der Waals surface area contributed by atoms with Crippen LogP contribution >= 0.6 is 0 Å². The van der Waals surface area contributed by atoms with Crippen LogP contribution in [0.5, 0.6) is 0 Å². The molecule has 1 aliphatic heterocycles. The predicted octanol–water partition coefficient (Wildman–Crippen LogP) is 1.46. The summed E-state index contributed by atoms with van der Waals surface area (Å²) in [5.41, 5.74) is 3.39. The van der Waals surface area contributed by atoms with Gasteiger partial charge in [-0.05, 0) is 44.0 Å². The standard InChI is InChI=1S/C19H23N5O3S/c1-13-4-5-14(2)17(10-13)22-6-8-23(9-7-22)28(26,27)16-11-18-19(25)21-20-15(3)24(18)12-16/h4-5,10-12H,6-9H2,1-3H3,(H,21,25). The zero-order valence-corrected chi connectivity index (χ0v) is 17.0. The molecule has 3 aromatic rings. The quantitative estimate of drug-likeness (QED) is 0.718. The number of aromatic nitrogens is 3. The number of rotatable bonds is 3. The molecule has 0 atom stereocenters. The summed E-state index contributed by atoms with van der Waals surface area (Å²) in [5, 5.41) is 6.26. The Morgan fingerprint density at radius 1 is 1.04 bits per heavy atom. The van der Waals surface area contributed by atoms with Gasteiger partial charge in [0.25, 0.3) is 5.56 Å². The average Bonchev–Trinajstić information content (AvgIpc) is 3.15. The molecule has 3 heterocycles. The Bertz CT molecular complexity index is 1200. The summed E-state index contributed by atoms with van der Waals surface area (Å²) < 4.78 is 29.2. The van der Waals surface area contributed by atoms with Gasteiger partial charge in [0.15, 0.2) is 0 Å². The number of nitrogens with zero attached hydrogens (tertiary/aromatic N) is 4. The van der Waals surface area contributed by atoms with Gasteiger partial charge in [-0.3, -0.25) is 9.20 Å². The summed E-state index contributed by atoms with van der Waals surface area (Å²) in [6.07, 6.45) is 1.47. The minimum absolute atomic E-state index is 0.120. The number of aryl methyl sites for hydroxylation is 3. The topological polar surface area (TPSA) is 90.8 Å². The molecule has 4 rings (SSSR count). The van der Waals surface area contributed by atoms with Gasteiger partial charge in [0.1, 0.15) is 16.2 Å². The normalized spacial score (nSPS) is 16.0. The molecule has 0 aliphatic carbocycles. The number of H-pyrrole nitrogens is 1. The number of hydrogen-bond donors (Lipinski definition) is 1. The van der Waals surface area contributed by atoms with E-state index in [0.717, 1.165) is 5.69 Å². The third-order valence-corrected chi connectivity index (χ3v) is 7.14. The van der Waals surface area contributed by atoms with Gasteiger partial charge in [-0.2, -0.15) is 9.40 Å². The summed E-state index contributed by atoms with van der Waals surface area (Å²) in [6.45, 7) is 7.88. The van der Waals surface area contributed by atoms with Crippen molar-refractivity contribution in [2.75, 3.05) is 31.1 Å². The molecule has 0 amide bonds. The van der Waals surface area contributed by atoms with Gasteiger partial charge in [0, 0.05) is 38.1 Å².